The molecule has 0 aliphatic carbocycles. The molecule has 1 aliphatic rings. The lowest BCUT2D eigenvalue weighted by Gasteiger charge is -2.23. The largest absolute Gasteiger partial charge is 0.461 e. The van der Waals surface area contributed by atoms with Crippen molar-refractivity contribution >= 4 is 5.91 Å². The number of methoxy groups -OCH3 is 1. The highest BCUT2D eigenvalue weighted by Crippen LogP contribution is 2.27. The van der Waals surface area contributed by atoms with Gasteiger partial charge in [-0.1, -0.05) is 12.1 Å². The second kappa shape index (κ2) is 9.37. The number of carbonyl (C=O) groups is 1. The Kier molecular flexibility index (Phi) is 6.88. The highest BCUT2D eigenvalue weighted by Gasteiger charge is 2.35. The second-order valence-corrected chi connectivity index (χ2v) is 7.66. The minimum absolute atomic E-state index is 0.0164. The number of aliphatic hydroxyl groups is 1. The van der Waals surface area contributed by atoms with E-state index >= 15 is 0 Å². The number of hydrogen-bond donors (Lipinski definition) is 1. The lowest BCUT2D eigenvalue weighted by Crippen LogP contribution is -2.33. The summed E-state index contributed by atoms with van der Waals surface area (Å²) in [6, 6.07) is 11.4. The van der Waals surface area contributed by atoms with E-state index in [2.05, 4.69) is 4.90 Å². The first kappa shape index (κ1) is 20.6. The van der Waals surface area contributed by atoms with Crippen molar-refractivity contribution < 1.29 is 19.1 Å². The number of aliphatic hydroxyl groups excluding tert-OH is 1. The molecule has 1 aliphatic heterocycles. The number of benzene rings is 1. The first-order valence-electron chi connectivity index (χ1n) is 9.76. The molecule has 1 amide bonds. The van der Waals surface area contributed by atoms with Crippen molar-refractivity contribution in [2.24, 2.45) is 11.8 Å². The van der Waals surface area contributed by atoms with Crippen LogP contribution >= 0.6 is 0 Å². The zero-order valence-corrected chi connectivity index (χ0v) is 16.9. The van der Waals surface area contributed by atoms with Gasteiger partial charge < -0.3 is 24.1 Å². The van der Waals surface area contributed by atoms with Crippen LogP contribution in [0.15, 0.2) is 40.8 Å². The summed E-state index contributed by atoms with van der Waals surface area (Å²) >= 11 is 0. The number of furan rings is 1. The molecule has 28 heavy (non-hydrogen) atoms. The minimum atomic E-state index is 0.0164. The molecule has 6 heteroatoms. The van der Waals surface area contributed by atoms with Crippen LogP contribution in [-0.4, -0.2) is 74.4 Å². The molecule has 0 radical (unpaired) electrons. The Balaban J connectivity index is 1.63. The van der Waals surface area contributed by atoms with E-state index in [0.29, 0.717) is 25.3 Å². The molecular weight excluding hydrogens is 356 g/mol. The van der Waals surface area contributed by atoms with Crippen molar-refractivity contribution in [3.8, 4) is 11.3 Å². The Bertz CT molecular complexity index is 771. The smallest absolute Gasteiger partial charge is 0.253 e. The molecule has 0 spiro atoms. The molecule has 0 unspecified atom stereocenters. The second-order valence-electron chi connectivity index (χ2n) is 7.66. The van der Waals surface area contributed by atoms with E-state index in [1.54, 1.807) is 7.11 Å². The van der Waals surface area contributed by atoms with Crippen molar-refractivity contribution in [3.63, 3.8) is 0 Å². The van der Waals surface area contributed by atoms with Gasteiger partial charge in [-0.25, -0.2) is 0 Å². The standard InChI is InChI=1S/C22H30N2O4/c1-16-4-9-21(28-16)17-5-7-18(8-6-17)22(26)24-13-19(20(14-24)15-25)12-23(2)10-11-27-3/h4-9,19-20,25H,10-15H2,1-3H3/t19-,20-/m1/s1. The lowest BCUT2D eigenvalue weighted by atomic mass is 9.96. The number of hydrogen-bond acceptors (Lipinski definition) is 5. The van der Waals surface area contributed by atoms with Gasteiger partial charge in [-0.05, 0) is 44.2 Å². The summed E-state index contributed by atoms with van der Waals surface area (Å²) in [6.07, 6.45) is 0. The fourth-order valence-corrected chi connectivity index (χ4v) is 3.81. The summed E-state index contributed by atoms with van der Waals surface area (Å²) in [7, 11) is 3.74. The Morgan fingerprint density at radius 1 is 1.21 bits per heavy atom. The van der Waals surface area contributed by atoms with Gasteiger partial charge in [0, 0.05) is 56.9 Å². The summed E-state index contributed by atoms with van der Waals surface area (Å²) in [5.41, 5.74) is 1.62. The molecule has 6 nitrogen and oxygen atoms in total. The minimum Gasteiger partial charge on any atom is -0.461 e. The average molecular weight is 386 g/mol. The molecule has 2 aromatic rings. The zero-order valence-electron chi connectivity index (χ0n) is 16.9. The van der Waals surface area contributed by atoms with Crippen LogP contribution in [0.25, 0.3) is 11.3 Å². The molecule has 0 bridgehead atoms. The van der Waals surface area contributed by atoms with Crippen LogP contribution in [0.5, 0.6) is 0 Å². The maximum atomic E-state index is 13.0. The Morgan fingerprint density at radius 3 is 2.54 bits per heavy atom. The third kappa shape index (κ3) is 4.82. The Morgan fingerprint density at radius 2 is 1.93 bits per heavy atom. The molecule has 0 saturated carbocycles. The summed E-state index contributed by atoms with van der Waals surface area (Å²) in [6.45, 7) is 5.63. The maximum Gasteiger partial charge on any atom is 0.253 e. The SMILES string of the molecule is COCCN(C)C[C@@H]1CN(C(=O)c2ccc(-c3ccc(C)o3)cc2)C[C@@H]1CO. The number of aryl methyl sites for hydroxylation is 1. The van der Waals surface area contributed by atoms with E-state index in [9.17, 15) is 9.90 Å². The van der Waals surface area contributed by atoms with E-state index in [-0.39, 0.29) is 24.3 Å². The van der Waals surface area contributed by atoms with Crippen molar-refractivity contribution in [1.82, 2.24) is 9.80 Å². The van der Waals surface area contributed by atoms with Gasteiger partial charge in [-0.15, -0.1) is 0 Å². The number of likely N-dealkylation sites (N-methyl/N-ethyl adjacent to an activating group) is 1. The normalized spacial score (nSPS) is 19.5. The fourth-order valence-electron chi connectivity index (χ4n) is 3.81. The molecule has 1 aromatic heterocycles. The molecule has 1 aromatic carbocycles. The van der Waals surface area contributed by atoms with Gasteiger partial charge in [-0.2, -0.15) is 0 Å². The Labute approximate surface area is 166 Å². The van der Waals surface area contributed by atoms with Gasteiger partial charge in [0.25, 0.3) is 5.91 Å². The van der Waals surface area contributed by atoms with Gasteiger partial charge in [0.2, 0.25) is 0 Å². The van der Waals surface area contributed by atoms with E-state index in [0.717, 1.165) is 30.2 Å². The molecule has 152 valence electrons. The van der Waals surface area contributed by atoms with Gasteiger partial charge in [0.05, 0.1) is 6.61 Å². The molecule has 3 rings (SSSR count). The molecule has 2 atom stereocenters. The summed E-state index contributed by atoms with van der Waals surface area (Å²) < 4.78 is 10.8. The van der Waals surface area contributed by atoms with E-state index in [4.69, 9.17) is 9.15 Å². The third-order valence-electron chi connectivity index (χ3n) is 5.48. The first-order chi connectivity index (χ1) is 13.5. The van der Waals surface area contributed by atoms with Gasteiger partial charge in [-0.3, -0.25) is 4.79 Å². The average Bonchev–Trinajstić information content (AvgIpc) is 3.32. The number of carbonyl (C=O) groups excluding carboxylic acids is 1. The van der Waals surface area contributed by atoms with E-state index in [1.165, 1.54) is 0 Å². The van der Waals surface area contributed by atoms with Crippen LogP contribution in [0, 0.1) is 18.8 Å². The summed E-state index contributed by atoms with van der Waals surface area (Å²) in [5, 5.41) is 9.77. The van der Waals surface area contributed by atoms with Crippen LogP contribution < -0.4 is 0 Å². The molecule has 1 fully saturated rings. The van der Waals surface area contributed by atoms with E-state index in [1.807, 2.05) is 55.3 Å². The highest BCUT2D eigenvalue weighted by atomic mass is 16.5. The van der Waals surface area contributed by atoms with Crippen molar-refractivity contribution in [2.45, 2.75) is 6.92 Å². The predicted octanol–water partition coefficient (Wildman–Crippen LogP) is 2.51. The zero-order chi connectivity index (χ0) is 20.1. The lowest BCUT2D eigenvalue weighted by molar-refractivity contribution is 0.0778. The number of ether oxygens (including phenoxy) is 1. The van der Waals surface area contributed by atoms with Crippen LogP contribution in [0.4, 0.5) is 0 Å². The quantitative estimate of drug-likeness (QED) is 0.755. The van der Waals surface area contributed by atoms with Crippen LogP contribution in [0.2, 0.25) is 0 Å². The fraction of sp³-hybridized carbons (Fsp3) is 0.500. The summed E-state index contributed by atoms with van der Waals surface area (Å²) in [4.78, 5) is 17.0. The maximum absolute atomic E-state index is 13.0. The molecule has 2 heterocycles. The van der Waals surface area contributed by atoms with Crippen molar-refractivity contribution in [1.29, 1.82) is 0 Å². The van der Waals surface area contributed by atoms with E-state index < -0.39 is 0 Å². The monoisotopic (exact) mass is 386 g/mol. The molecule has 1 saturated heterocycles. The number of rotatable bonds is 8. The van der Waals surface area contributed by atoms with Crippen LogP contribution in [-0.2, 0) is 4.74 Å². The van der Waals surface area contributed by atoms with Gasteiger partial charge >= 0.3 is 0 Å². The summed E-state index contributed by atoms with van der Waals surface area (Å²) in [5.74, 6) is 2.06. The Hall–Kier alpha value is -2.15. The topological polar surface area (TPSA) is 66.2 Å². The first-order valence-corrected chi connectivity index (χ1v) is 9.76. The van der Waals surface area contributed by atoms with Crippen LogP contribution in [0.3, 0.4) is 0 Å². The van der Waals surface area contributed by atoms with Crippen molar-refractivity contribution in [3.05, 3.63) is 47.7 Å². The van der Waals surface area contributed by atoms with Crippen LogP contribution in [0.1, 0.15) is 16.1 Å². The van der Waals surface area contributed by atoms with Gasteiger partial charge in [0.15, 0.2) is 0 Å². The predicted molar refractivity (Wildman–Crippen MR) is 108 cm³/mol. The highest BCUT2D eigenvalue weighted by molar-refractivity contribution is 5.94. The van der Waals surface area contributed by atoms with Gasteiger partial charge in [0.1, 0.15) is 11.5 Å². The number of amides is 1. The number of nitrogens with zero attached hydrogens (tertiary/aromatic N) is 2. The molecular formula is C22H30N2O4. The third-order valence-corrected chi connectivity index (χ3v) is 5.48. The number of likely N-dealkylation sites (tertiary alicyclic amines) is 1. The van der Waals surface area contributed by atoms with Crippen molar-refractivity contribution in [2.75, 3.05) is 53.6 Å². The molecule has 1 N–H and O–H groups in total.